The molecule has 0 bridgehead atoms. The Kier molecular flexibility index (Phi) is 7.35. The fourth-order valence-corrected chi connectivity index (χ4v) is 4.42. The number of benzene rings is 3. The van der Waals surface area contributed by atoms with Crippen molar-refractivity contribution in [2.75, 3.05) is 5.75 Å². The highest BCUT2D eigenvalue weighted by Gasteiger charge is 2.15. The molecule has 0 fully saturated rings. The van der Waals surface area contributed by atoms with Crippen LogP contribution in [-0.4, -0.2) is 27.4 Å². The van der Waals surface area contributed by atoms with Crippen LogP contribution in [0.1, 0.15) is 5.56 Å². The zero-order chi connectivity index (χ0) is 23.4. The fraction of sp³-hybridized carbons (Fsp3) is 0.0435. The SMILES string of the molecule is O=C(CSc1nc2ccccc2c(=O)n1-c1ccc(Cl)cc1)N/N=C\c1c(Cl)cccc1Cl. The lowest BCUT2D eigenvalue weighted by atomic mass is 10.2. The standard InChI is InChI=1S/C23H15Cl3N4O2S/c24-14-8-10-15(11-9-14)30-22(32)16-4-1-2-7-20(16)28-23(30)33-13-21(31)29-27-12-17-18(25)5-3-6-19(17)26/h1-12H,13H2,(H,29,31)/b27-12-. The highest BCUT2D eigenvalue weighted by molar-refractivity contribution is 7.99. The van der Waals surface area contributed by atoms with Crippen LogP contribution in [0, 0.1) is 0 Å². The van der Waals surface area contributed by atoms with E-state index in [1.807, 2.05) is 0 Å². The number of amides is 1. The zero-order valence-electron chi connectivity index (χ0n) is 16.8. The van der Waals surface area contributed by atoms with E-state index >= 15 is 0 Å². The minimum absolute atomic E-state index is 0.0219. The summed E-state index contributed by atoms with van der Waals surface area (Å²) in [6.07, 6.45) is 1.38. The average molecular weight is 518 g/mol. The highest BCUT2D eigenvalue weighted by atomic mass is 35.5. The van der Waals surface area contributed by atoms with E-state index in [2.05, 4.69) is 15.5 Å². The maximum Gasteiger partial charge on any atom is 0.266 e. The molecular formula is C23H15Cl3N4O2S. The number of hydrazone groups is 1. The lowest BCUT2D eigenvalue weighted by molar-refractivity contribution is -0.118. The molecule has 1 aromatic heterocycles. The molecule has 0 aliphatic rings. The highest BCUT2D eigenvalue weighted by Crippen LogP contribution is 2.23. The van der Waals surface area contributed by atoms with Gasteiger partial charge >= 0.3 is 0 Å². The fourth-order valence-electron chi connectivity index (χ4n) is 2.99. The number of hydrogen-bond acceptors (Lipinski definition) is 5. The van der Waals surface area contributed by atoms with Crippen molar-refractivity contribution in [3.05, 3.63) is 97.7 Å². The van der Waals surface area contributed by atoms with Crippen LogP contribution < -0.4 is 11.0 Å². The first-order valence-corrected chi connectivity index (χ1v) is 11.7. The molecule has 1 N–H and O–H groups in total. The third-order valence-corrected chi connectivity index (χ3v) is 6.39. The number of halogens is 3. The summed E-state index contributed by atoms with van der Waals surface area (Å²) in [5, 5.41) is 6.15. The van der Waals surface area contributed by atoms with Crippen LogP contribution in [0.2, 0.25) is 15.1 Å². The first kappa shape index (κ1) is 23.3. The predicted octanol–water partition coefficient (Wildman–Crippen LogP) is 5.59. The number of rotatable bonds is 6. The molecule has 6 nitrogen and oxygen atoms in total. The number of fused-ring (bicyclic) bond motifs is 1. The van der Waals surface area contributed by atoms with Crippen LogP contribution in [0.4, 0.5) is 0 Å². The Morgan fingerprint density at radius 1 is 1.00 bits per heavy atom. The van der Waals surface area contributed by atoms with Crippen LogP contribution in [0.3, 0.4) is 0 Å². The summed E-state index contributed by atoms with van der Waals surface area (Å²) >= 11 is 19.3. The normalized spacial score (nSPS) is 11.2. The van der Waals surface area contributed by atoms with E-state index < -0.39 is 0 Å². The number of aromatic nitrogens is 2. The van der Waals surface area contributed by atoms with Crippen molar-refractivity contribution in [1.29, 1.82) is 0 Å². The van der Waals surface area contributed by atoms with Gasteiger partial charge in [-0.05, 0) is 48.5 Å². The average Bonchev–Trinajstić information content (AvgIpc) is 2.80. The second-order valence-electron chi connectivity index (χ2n) is 6.75. The molecular weight excluding hydrogens is 503 g/mol. The zero-order valence-corrected chi connectivity index (χ0v) is 19.9. The molecule has 0 saturated carbocycles. The molecule has 0 radical (unpaired) electrons. The summed E-state index contributed by atoms with van der Waals surface area (Å²) in [7, 11) is 0. The maximum absolute atomic E-state index is 13.2. The van der Waals surface area contributed by atoms with Crippen molar-refractivity contribution in [2.24, 2.45) is 5.10 Å². The number of nitrogens with one attached hydrogen (secondary N) is 1. The molecule has 33 heavy (non-hydrogen) atoms. The summed E-state index contributed by atoms with van der Waals surface area (Å²) < 4.78 is 1.46. The lowest BCUT2D eigenvalue weighted by Gasteiger charge is -2.13. The van der Waals surface area contributed by atoms with E-state index in [4.69, 9.17) is 34.8 Å². The number of nitrogens with zero attached hydrogens (tertiary/aromatic N) is 3. The molecule has 0 aliphatic carbocycles. The van der Waals surface area contributed by atoms with Crippen molar-refractivity contribution in [1.82, 2.24) is 15.0 Å². The Morgan fingerprint density at radius 3 is 2.42 bits per heavy atom. The van der Waals surface area contributed by atoms with Crippen LogP contribution in [-0.2, 0) is 4.79 Å². The van der Waals surface area contributed by atoms with Crippen LogP contribution in [0.25, 0.3) is 16.6 Å². The Labute approximate surface area is 208 Å². The maximum atomic E-state index is 13.2. The number of carbonyl (C=O) groups is 1. The largest absolute Gasteiger partial charge is 0.272 e. The summed E-state index contributed by atoms with van der Waals surface area (Å²) in [5.74, 6) is -0.407. The van der Waals surface area contributed by atoms with Crippen LogP contribution in [0.15, 0.2) is 81.8 Å². The third kappa shape index (κ3) is 5.39. The topological polar surface area (TPSA) is 76.3 Å². The molecule has 10 heteroatoms. The molecule has 0 atom stereocenters. The minimum atomic E-state index is -0.385. The molecule has 4 rings (SSSR count). The van der Waals surface area contributed by atoms with Gasteiger partial charge in [0.1, 0.15) is 0 Å². The monoisotopic (exact) mass is 516 g/mol. The molecule has 1 amide bonds. The van der Waals surface area contributed by atoms with Gasteiger partial charge in [0, 0.05) is 10.6 Å². The van der Waals surface area contributed by atoms with E-state index in [0.29, 0.717) is 42.4 Å². The summed E-state index contributed by atoms with van der Waals surface area (Å²) in [5.41, 5.74) is 3.83. The van der Waals surface area contributed by atoms with Crippen molar-refractivity contribution in [3.8, 4) is 5.69 Å². The Bertz CT molecular complexity index is 1400. The van der Waals surface area contributed by atoms with E-state index in [9.17, 15) is 9.59 Å². The smallest absolute Gasteiger partial charge is 0.266 e. The Morgan fingerprint density at radius 2 is 1.70 bits per heavy atom. The van der Waals surface area contributed by atoms with Gasteiger partial charge in [-0.15, -0.1) is 0 Å². The van der Waals surface area contributed by atoms with Gasteiger partial charge < -0.3 is 0 Å². The number of thioether (sulfide) groups is 1. The van der Waals surface area contributed by atoms with Crippen LogP contribution in [0.5, 0.6) is 0 Å². The Balaban J connectivity index is 1.57. The number of carbonyl (C=O) groups excluding carboxylic acids is 1. The van der Waals surface area contributed by atoms with Gasteiger partial charge in [-0.1, -0.05) is 64.8 Å². The predicted molar refractivity (Wildman–Crippen MR) is 135 cm³/mol. The van der Waals surface area contributed by atoms with Crippen molar-refractivity contribution in [2.45, 2.75) is 5.16 Å². The molecule has 4 aromatic rings. The van der Waals surface area contributed by atoms with Gasteiger partial charge in [0.05, 0.1) is 38.6 Å². The lowest BCUT2D eigenvalue weighted by Crippen LogP contribution is -2.24. The number of hydrogen-bond donors (Lipinski definition) is 1. The van der Waals surface area contributed by atoms with Gasteiger partial charge in [0.2, 0.25) is 0 Å². The summed E-state index contributed by atoms with van der Waals surface area (Å²) in [4.78, 5) is 30.2. The second-order valence-corrected chi connectivity index (χ2v) is 8.94. The minimum Gasteiger partial charge on any atom is -0.272 e. The quantitative estimate of drug-likeness (QED) is 0.157. The summed E-state index contributed by atoms with van der Waals surface area (Å²) in [6.45, 7) is 0. The molecule has 0 unspecified atom stereocenters. The summed E-state index contributed by atoms with van der Waals surface area (Å²) in [6, 6.07) is 18.9. The van der Waals surface area contributed by atoms with Gasteiger partial charge in [0.15, 0.2) is 5.16 Å². The third-order valence-electron chi connectivity index (χ3n) is 4.54. The molecule has 166 valence electrons. The first-order valence-electron chi connectivity index (χ1n) is 9.60. The van der Waals surface area contributed by atoms with E-state index in [-0.39, 0.29) is 17.2 Å². The Hall–Kier alpha value is -2.84. The molecule has 1 heterocycles. The number of para-hydroxylation sites is 1. The van der Waals surface area contributed by atoms with Crippen molar-refractivity contribution >= 4 is 69.6 Å². The van der Waals surface area contributed by atoms with Gasteiger partial charge in [-0.25, -0.2) is 10.4 Å². The van der Waals surface area contributed by atoms with Gasteiger partial charge in [-0.3, -0.25) is 14.2 Å². The molecule has 0 spiro atoms. The molecule has 0 saturated heterocycles. The molecule has 0 aliphatic heterocycles. The second kappa shape index (κ2) is 10.4. The van der Waals surface area contributed by atoms with Gasteiger partial charge in [0.25, 0.3) is 11.5 Å². The van der Waals surface area contributed by atoms with E-state index in [0.717, 1.165) is 11.8 Å². The van der Waals surface area contributed by atoms with Gasteiger partial charge in [-0.2, -0.15) is 5.10 Å². The molecule has 3 aromatic carbocycles. The first-order chi connectivity index (χ1) is 15.9. The van der Waals surface area contributed by atoms with Crippen molar-refractivity contribution in [3.63, 3.8) is 0 Å². The van der Waals surface area contributed by atoms with Crippen LogP contribution >= 0.6 is 46.6 Å². The van der Waals surface area contributed by atoms with E-state index in [1.54, 1.807) is 66.7 Å². The van der Waals surface area contributed by atoms with E-state index in [1.165, 1.54) is 10.8 Å². The van der Waals surface area contributed by atoms with Crippen molar-refractivity contribution < 1.29 is 4.79 Å².